The van der Waals surface area contributed by atoms with Crippen LogP contribution in [0.25, 0.3) is 33.4 Å². The van der Waals surface area contributed by atoms with E-state index in [0.29, 0.717) is 16.1 Å². The number of aryl methyl sites for hydroxylation is 1. The number of aromatic nitrogens is 3. The number of rotatable bonds is 18. The smallest absolute Gasteiger partial charge is 0.347 e. The Morgan fingerprint density at radius 1 is 0.506 bits per heavy atom. The fraction of sp³-hybridized carbons (Fsp3) is 0.0357. The van der Waals surface area contributed by atoms with Gasteiger partial charge in [0.2, 0.25) is 0 Å². The number of hydrogen-bond acceptors (Lipinski definition) is 16. The number of carbonyl (C=O) groups excluding carboxylic acids is 2. The molecule has 0 fully saturated rings. The summed E-state index contributed by atoms with van der Waals surface area (Å²) in [6.45, 7) is 1.49. The van der Waals surface area contributed by atoms with Gasteiger partial charge in [0.05, 0.1) is 24.2 Å². The van der Waals surface area contributed by atoms with Crippen molar-refractivity contribution >= 4 is 111 Å². The molecular weight excluding hydrogens is 1260 g/mol. The number of carboxylic acid groups (broad SMARTS) is 1. The summed E-state index contributed by atoms with van der Waals surface area (Å²) in [5.74, 6) is -8.59. The number of aromatic carboxylic acids is 1. The van der Waals surface area contributed by atoms with Crippen LogP contribution in [0.4, 0.5) is 25.8 Å². The average molecular weight is 1290 g/mol. The minimum atomic E-state index is -4.63. The average Bonchev–Trinajstić information content (AvgIpc) is 1.89. The molecule has 85 heavy (non-hydrogen) atoms. The third-order valence-corrected chi connectivity index (χ3v) is 17.4. The highest BCUT2D eigenvalue weighted by Gasteiger charge is 2.28. The van der Waals surface area contributed by atoms with Gasteiger partial charge in [-0.1, -0.05) is 76.7 Å². The maximum atomic E-state index is 15.2. The summed E-state index contributed by atoms with van der Waals surface area (Å²) in [5.41, 5.74) is -2.11. The third kappa shape index (κ3) is 13.4. The van der Waals surface area contributed by atoms with Gasteiger partial charge in [-0.05, 0) is 109 Å². The van der Waals surface area contributed by atoms with Gasteiger partial charge in [-0.25, -0.2) is 63.4 Å². The Hall–Kier alpha value is -8.95. The van der Waals surface area contributed by atoms with Crippen molar-refractivity contribution in [2.24, 2.45) is 0 Å². The van der Waals surface area contributed by atoms with E-state index in [0.717, 1.165) is 91.4 Å². The Morgan fingerprint density at radius 2 is 0.965 bits per heavy atom. The number of aromatic hydroxyl groups is 1. The van der Waals surface area contributed by atoms with Crippen LogP contribution >= 0.6 is 46.4 Å². The molecule has 0 aliphatic carbocycles. The van der Waals surface area contributed by atoms with Crippen LogP contribution in [-0.2, 0) is 30.1 Å². The number of carboxylic acids is 1. The fourth-order valence-corrected chi connectivity index (χ4v) is 12.0. The molecule has 0 saturated carbocycles. The van der Waals surface area contributed by atoms with Crippen molar-refractivity contribution in [1.82, 2.24) is 15.0 Å². The third-order valence-electron chi connectivity index (χ3n) is 12.2. The van der Waals surface area contributed by atoms with E-state index in [4.69, 9.17) is 60.6 Å². The summed E-state index contributed by atoms with van der Waals surface area (Å²) in [4.78, 5) is 51.3. The number of nitrogens with one attached hydrogen (secondary N) is 3. The number of phenolic OH excluding ortho intramolecular Hbond substituents is 1. The normalized spacial score (nSPS) is 11.6. The van der Waals surface area contributed by atoms with Crippen molar-refractivity contribution in [3.05, 3.63) is 206 Å². The molecule has 0 bridgehead atoms. The van der Waals surface area contributed by atoms with Crippen LogP contribution in [0.1, 0.15) is 36.6 Å². The zero-order valence-corrected chi connectivity index (χ0v) is 48.5. The van der Waals surface area contributed by atoms with Crippen LogP contribution in [0.3, 0.4) is 0 Å². The van der Waals surface area contributed by atoms with E-state index in [1.54, 1.807) is 18.2 Å². The van der Waals surface area contributed by atoms with Crippen molar-refractivity contribution in [2.75, 3.05) is 21.3 Å². The second-order valence-corrected chi connectivity index (χ2v) is 24.4. The first-order valence-corrected chi connectivity index (χ1v) is 29.9. The molecule has 0 amide bonds. The van der Waals surface area contributed by atoms with Crippen molar-refractivity contribution in [3.63, 3.8) is 0 Å². The van der Waals surface area contributed by atoms with Gasteiger partial charge in [0.1, 0.15) is 69.9 Å². The van der Waals surface area contributed by atoms with Gasteiger partial charge in [0, 0.05) is 64.1 Å². The van der Waals surface area contributed by atoms with E-state index in [2.05, 4.69) is 29.1 Å². The lowest BCUT2D eigenvalue weighted by Gasteiger charge is -2.16. The molecule has 9 aromatic rings. The highest BCUT2D eigenvalue weighted by atomic mass is 35.5. The molecule has 0 spiro atoms. The Balaban J connectivity index is 1.03. The van der Waals surface area contributed by atoms with Crippen LogP contribution in [-0.4, -0.2) is 75.4 Å². The summed E-state index contributed by atoms with van der Waals surface area (Å²) in [5, 5.41) is 21.2. The lowest BCUT2D eigenvalue weighted by Crippen LogP contribution is -2.18. The van der Waals surface area contributed by atoms with Gasteiger partial charge in [0.15, 0.2) is 11.6 Å². The van der Waals surface area contributed by atoms with Gasteiger partial charge in [-0.15, -0.1) is 0 Å². The zero-order chi connectivity index (χ0) is 61.3. The van der Waals surface area contributed by atoms with Crippen molar-refractivity contribution in [3.8, 4) is 56.4 Å². The summed E-state index contributed by atoms with van der Waals surface area (Å²) in [6.07, 6.45) is 2.75. The number of anilines is 3. The van der Waals surface area contributed by atoms with Crippen LogP contribution in [0, 0.1) is 18.6 Å². The Morgan fingerprint density at radius 3 is 1.47 bits per heavy atom. The largest absolute Gasteiger partial charge is 0.507 e. The molecule has 0 saturated heterocycles. The molecule has 0 radical (unpaired) electrons. The first kappa shape index (κ1) is 60.6. The van der Waals surface area contributed by atoms with Crippen molar-refractivity contribution in [1.29, 1.82) is 0 Å². The molecule has 0 atom stereocenters. The SMILES string of the molecule is COc1cccc(-c2cc(S(=O)(=O)Nc3ccc(C(=O)Oc4cc(NS(=O)(=O)c5cnc(Cl)c(-c6cccc(Cl)c6)c5)ccc4C(=O)Oc4cc(NS(=O)(=O)c5cnc(Cl)c(-c6ccc(F)c(C)c6)c5)ccc4C(=O)O)c(O)c3)cnc2Cl)c1F. The molecule has 20 nitrogen and oxygen atoms in total. The lowest BCUT2D eigenvalue weighted by molar-refractivity contribution is 0.0680. The minimum Gasteiger partial charge on any atom is -0.507 e. The number of benzene rings is 6. The lowest BCUT2D eigenvalue weighted by atomic mass is 10.1. The highest BCUT2D eigenvalue weighted by molar-refractivity contribution is 7.93. The predicted octanol–water partition coefficient (Wildman–Crippen LogP) is 12.3. The van der Waals surface area contributed by atoms with Crippen LogP contribution < -0.4 is 28.4 Å². The number of phenols is 1. The number of nitrogens with zero attached hydrogens (tertiary/aromatic N) is 3. The molecular formula is C56H36Cl4F2N6O14S3. The van der Waals surface area contributed by atoms with E-state index in [9.17, 15) is 54.2 Å². The maximum absolute atomic E-state index is 15.2. The number of pyridine rings is 3. The van der Waals surface area contributed by atoms with Crippen LogP contribution in [0.15, 0.2) is 167 Å². The molecule has 0 aliphatic heterocycles. The molecule has 3 aromatic heterocycles. The molecule has 0 aliphatic rings. The number of carbonyl (C=O) groups is 3. The van der Waals surface area contributed by atoms with E-state index in [-0.39, 0.29) is 66.1 Å². The molecule has 434 valence electrons. The van der Waals surface area contributed by atoms with Gasteiger partial charge < -0.3 is 24.4 Å². The summed E-state index contributed by atoms with van der Waals surface area (Å²) in [7, 11) is -12.6. The van der Waals surface area contributed by atoms with Gasteiger partial charge in [-0.3, -0.25) is 14.2 Å². The number of halogens is 6. The molecule has 29 heteroatoms. The van der Waals surface area contributed by atoms with E-state index in [1.807, 2.05) is 0 Å². The maximum Gasteiger partial charge on any atom is 0.347 e. The molecule has 5 N–H and O–H groups in total. The van der Waals surface area contributed by atoms with Crippen molar-refractivity contribution in [2.45, 2.75) is 21.6 Å². The first-order valence-electron chi connectivity index (χ1n) is 23.9. The van der Waals surface area contributed by atoms with Crippen molar-refractivity contribution < 1.29 is 72.8 Å². The molecule has 6 aromatic carbocycles. The molecule has 9 rings (SSSR count). The highest BCUT2D eigenvalue weighted by Crippen LogP contribution is 2.38. The Bertz CT molecular complexity index is 4610. The number of sulfonamides is 3. The Kier molecular flexibility index (Phi) is 17.4. The van der Waals surface area contributed by atoms with E-state index in [1.165, 1.54) is 56.5 Å². The number of ether oxygens (including phenoxy) is 3. The predicted molar refractivity (Wildman–Crippen MR) is 311 cm³/mol. The van der Waals surface area contributed by atoms with E-state index < -0.39 is 108 Å². The standard InChI is InChI=1S/C56H36Cl4F2N6O14S3/c1-28-17-30(9-16-45(28)61)43-23-36(26-64-52(43)59)84(76,77)67-33-11-14-40(54(70)71)48(20-33)81-56(73)41-15-12-34(68-83(74,75)35-22-42(51(58)63-25-35)29-5-3-6-31(57)18-29)21-49(41)82-55(72)39-13-10-32(19-46(39)69)66-85(78,79)37-24-44(53(60)65-27-37)38-7-4-8-47(80-2)50(38)62/h3-27,66-69H,1-2H3,(H,70,71). The summed E-state index contributed by atoms with van der Waals surface area (Å²) >= 11 is 25.1. The van der Waals surface area contributed by atoms with E-state index >= 15 is 4.39 Å². The second-order valence-electron chi connectivity index (χ2n) is 17.9. The Labute approximate surface area is 501 Å². The van der Waals surface area contributed by atoms with Crippen LogP contribution in [0.2, 0.25) is 20.5 Å². The van der Waals surface area contributed by atoms with Crippen LogP contribution in [0.5, 0.6) is 23.0 Å². The van der Waals surface area contributed by atoms with Gasteiger partial charge in [-0.2, -0.15) is 0 Å². The first-order chi connectivity index (χ1) is 40.2. The topological polar surface area (TPSA) is 297 Å². The quantitative estimate of drug-likeness (QED) is 0.0303. The summed E-state index contributed by atoms with van der Waals surface area (Å²) < 4.78 is 135. The van der Waals surface area contributed by atoms with Gasteiger partial charge >= 0.3 is 17.9 Å². The number of esters is 2. The number of hydrogen-bond donors (Lipinski definition) is 5. The monoisotopic (exact) mass is 1290 g/mol. The zero-order valence-electron chi connectivity index (χ0n) is 43.1. The minimum absolute atomic E-state index is 0.0808. The molecule has 3 heterocycles. The fourth-order valence-electron chi connectivity index (χ4n) is 8.07. The van der Waals surface area contributed by atoms with Gasteiger partial charge in [0.25, 0.3) is 30.1 Å². The summed E-state index contributed by atoms with van der Waals surface area (Å²) in [6, 6.07) is 26.1. The molecule has 0 unspecified atom stereocenters. The number of methoxy groups -OCH3 is 1. The second kappa shape index (κ2) is 24.3.